The van der Waals surface area contributed by atoms with Gasteiger partial charge >= 0.3 is 0 Å². The third kappa shape index (κ3) is 4.84. The van der Waals surface area contributed by atoms with Crippen molar-refractivity contribution in [1.29, 1.82) is 0 Å². The summed E-state index contributed by atoms with van der Waals surface area (Å²) in [5, 5.41) is 3.09. The van der Waals surface area contributed by atoms with E-state index in [1.807, 2.05) is 48.0 Å². The van der Waals surface area contributed by atoms with Crippen molar-refractivity contribution < 1.29 is 9.53 Å². The lowest BCUT2D eigenvalue weighted by Gasteiger charge is -2.32. The van der Waals surface area contributed by atoms with Crippen LogP contribution in [0.2, 0.25) is 0 Å². The molecule has 0 radical (unpaired) electrons. The zero-order valence-corrected chi connectivity index (χ0v) is 18.0. The average molecular weight is 421 g/mol. The number of ether oxygens (including phenoxy) is 1. The van der Waals surface area contributed by atoms with Gasteiger partial charge in [0.05, 0.1) is 7.11 Å². The first-order chi connectivity index (χ1) is 15.2. The van der Waals surface area contributed by atoms with Crippen molar-refractivity contribution in [2.45, 2.75) is 26.2 Å². The van der Waals surface area contributed by atoms with Gasteiger partial charge in [0.2, 0.25) is 5.91 Å². The van der Waals surface area contributed by atoms with Gasteiger partial charge in [0.1, 0.15) is 29.5 Å². The Morgan fingerprint density at radius 1 is 1.16 bits per heavy atom. The minimum absolute atomic E-state index is 0.0334. The number of carbonyl (C=O) groups excluding carboxylic acids is 1. The summed E-state index contributed by atoms with van der Waals surface area (Å²) in [5.41, 5.74) is 1.10. The molecule has 0 unspecified atom stereocenters. The van der Waals surface area contributed by atoms with E-state index < -0.39 is 0 Å². The molecule has 1 aliphatic heterocycles. The third-order valence-electron chi connectivity index (χ3n) is 5.79. The number of benzene rings is 1. The van der Waals surface area contributed by atoms with E-state index in [2.05, 4.69) is 25.2 Å². The average Bonchev–Trinajstić information content (AvgIpc) is 3.25. The number of methoxy groups -OCH3 is 1. The molecular formula is C23H28N6O2. The molecule has 4 rings (SSSR count). The molecular weight excluding hydrogens is 392 g/mol. The smallest absolute Gasteiger partial charge is 0.223 e. The normalized spacial score (nSPS) is 14.5. The standard InChI is InChI=1S/C23H28N6O2/c1-17-24-11-14-29(17)22-15-21(26-16-27-22)28-12-8-19(9-13-28)23(30)25-10-7-18-5-3-4-6-20(18)31-2/h3-6,11,14-16,19H,7-10,12-13H2,1-2H3,(H,25,30). The lowest BCUT2D eigenvalue weighted by atomic mass is 9.96. The second-order valence-corrected chi connectivity index (χ2v) is 7.69. The van der Waals surface area contributed by atoms with Crippen LogP contribution in [-0.4, -0.2) is 52.2 Å². The lowest BCUT2D eigenvalue weighted by Crippen LogP contribution is -2.41. The SMILES string of the molecule is COc1ccccc1CCNC(=O)C1CCN(c2cc(-n3ccnc3C)ncn2)CC1. The van der Waals surface area contributed by atoms with Gasteiger partial charge in [0, 0.05) is 44.0 Å². The fraction of sp³-hybridized carbons (Fsp3) is 0.391. The molecule has 3 aromatic rings. The molecule has 162 valence electrons. The predicted octanol–water partition coefficient (Wildman–Crippen LogP) is 2.55. The number of hydrogen-bond acceptors (Lipinski definition) is 6. The summed E-state index contributed by atoms with van der Waals surface area (Å²) in [6.45, 7) is 4.15. The first-order valence-electron chi connectivity index (χ1n) is 10.6. The van der Waals surface area contributed by atoms with E-state index in [1.54, 1.807) is 19.6 Å². The second-order valence-electron chi connectivity index (χ2n) is 7.69. The Labute approximate surface area is 182 Å². The maximum absolute atomic E-state index is 12.6. The van der Waals surface area contributed by atoms with Crippen LogP contribution in [-0.2, 0) is 11.2 Å². The zero-order valence-electron chi connectivity index (χ0n) is 18.0. The molecule has 0 bridgehead atoms. The van der Waals surface area contributed by atoms with E-state index in [9.17, 15) is 4.79 Å². The van der Waals surface area contributed by atoms with E-state index in [0.29, 0.717) is 6.54 Å². The number of imidazole rings is 1. The highest BCUT2D eigenvalue weighted by molar-refractivity contribution is 5.79. The van der Waals surface area contributed by atoms with Crippen molar-refractivity contribution in [3.8, 4) is 11.6 Å². The Balaban J connectivity index is 1.29. The summed E-state index contributed by atoms with van der Waals surface area (Å²) in [4.78, 5) is 27.9. The number of amides is 1. The molecule has 0 aliphatic carbocycles. The number of para-hydroxylation sites is 1. The summed E-state index contributed by atoms with van der Waals surface area (Å²) >= 11 is 0. The Kier molecular flexibility index (Phi) is 6.45. The van der Waals surface area contributed by atoms with Gasteiger partial charge in [-0.25, -0.2) is 15.0 Å². The number of hydrogen-bond donors (Lipinski definition) is 1. The number of nitrogens with zero attached hydrogens (tertiary/aromatic N) is 5. The van der Waals surface area contributed by atoms with Crippen LogP contribution < -0.4 is 15.0 Å². The molecule has 0 atom stereocenters. The Bertz CT molecular complexity index is 1030. The molecule has 8 heteroatoms. The molecule has 0 spiro atoms. The van der Waals surface area contributed by atoms with Crippen LogP contribution in [0.3, 0.4) is 0 Å². The maximum Gasteiger partial charge on any atom is 0.223 e. The van der Waals surface area contributed by atoms with Gasteiger partial charge in [0.25, 0.3) is 0 Å². The molecule has 1 amide bonds. The van der Waals surface area contributed by atoms with Crippen LogP contribution in [0, 0.1) is 12.8 Å². The highest BCUT2D eigenvalue weighted by atomic mass is 16.5. The lowest BCUT2D eigenvalue weighted by molar-refractivity contribution is -0.125. The first-order valence-corrected chi connectivity index (χ1v) is 10.6. The van der Waals surface area contributed by atoms with E-state index in [1.165, 1.54) is 0 Å². The van der Waals surface area contributed by atoms with Crippen LogP contribution in [0.15, 0.2) is 49.1 Å². The molecule has 1 aromatic carbocycles. The number of anilines is 1. The van der Waals surface area contributed by atoms with E-state index >= 15 is 0 Å². The Morgan fingerprint density at radius 2 is 1.94 bits per heavy atom. The number of aryl methyl sites for hydroxylation is 1. The molecule has 1 N–H and O–H groups in total. The predicted molar refractivity (Wildman–Crippen MR) is 119 cm³/mol. The summed E-state index contributed by atoms with van der Waals surface area (Å²) in [7, 11) is 1.67. The van der Waals surface area contributed by atoms with Crippen molar-refractivity contribution in [3.63, 3.8) is 0 Å². The third-order valence-corrected chi connectivity index (χ3v) is 5.79. The quantitative estimate of drug-likeness (QED) is 0.632. The number of rotatable bonds is 7. The second kappa shape index (κ2) is 9.59. The monoisotopic (exact) mass is 420 g/mol. The number of piperidine rings is 1. The van der Waals surface area contributed by atoms with Gasteiger partial charge < -0.3 is 15.0 Å². The van der Waals surface area contributed by atoms with Crippen molar-refractivity contribution in [3.05, 3.63) is 60.4 Å². The van der Waals surface area contributed by atoms with Crippen molar-refractivity contribution in [2.24, 2.45) is 5.92 Å². The largest absolute Gasteiger partial charge is 0.496 e. The summed E-state index contributed by atoms with van der Waals surface area (Å²) < 4.78 is 7.32. The van der Waals surface area contributed by atoms with Crippen molar-refractivity contribution in [2.75, 3.05) is 31.6 Å². The maximum atomic E-state index is 12.6. The highest BCUT2D eigenvalue weighted by Gasteiger charge is 2.25. The van der Waals surface area contributed by atoms with Crippen LogP contribution in [0.25, 0.3) is 5.82 Å². The number of nitrogens with one attached hydrogen (secondary N) is 1. The number of carbonyl (C=O) groups is 1. The minimum atomic E-state index is 0.0334. The van der Waals surface area contributed by atoms with Crippen molar-refractivity contribution in [1.82, 2.24) is 24.8 Å². The topological polar surface area (TPSA) is 85.2 Å². The van der Waals surface area contributed by atoms with Gasteiger partial charge in [-0.3, -0.25) is 9.36 Å². The Hall–Kier alpha value is -3.42. The van der Waals surface area contributed by atoms with E-state index in [-0.39, 0.29) is 11.8 Å². The molecule has 0 saturated carbocycles. The fourth-order valence-electron chi connectivity index (χ4n) is 4.01. The van der Waals surface area contributed by atoms with Gasteiger partial charge in [-0.05, 0) is 37.8 Å². The van der Waals surface area contributed by atoms with Crippen LogP contribution >= 0.6 is 0 Å². The van der Waals surface area contributed by atoms with Crippen LogP contribution in [0.5, 0.6) is 5.75 Å². The molecule has 1 saturated heterocycles. The molecule has 8 nitrogen and oxygen atoms in total. The summed E-state index contributed by atoms with van der Waals surface area (Å²) in [5.74, 6) is 3.59. The van der Waals surface area contributed by atoms with Gasteiger partial charge in [0.15, 0.2) is 0 Å². The van der Waals surface area contributed by atoms with Gasteiger partial charge in [-0.2, -0.15) is 0 Å². The summed E-state index contributed by atoms with van der Waals surface area (Å²) in [6, 6.07) is 9.89. The van der Waals surface area contributed by atoms with Gasteiger partial charge in [-0.1, -0.05) is 18.2 Å². The highest BCUT2D eigenvalue weighted by Crippen LogP contribution is 2.23. The van der Waals surface area contributed by atoms with Crippen molar-refractivity contribution >= 4 is 11.7 Å². The molecule has 31 heavy (non-hydrogen) atoms. The fourth-order valence-corrected chi connectivity index (χ4v) is 4.01. The van der Waals surface area contributed by atoms with E-state index in [4.69, 9.17) is 4.74 Å². The van der Waals surface area contributed by atoms with Crippen LogP contribution in [0.1, 0.15) is 24.2 Å². The van der Waals surface area contributed by atoms with Gasteiger partial charge in [-0.15, -0.1) is 0 Å². The molecule has 1 aliphatic rings. The Morgan fingerprint density at radius 3 is 2.68 bits per heavy atom. The minimum Gasteiger partial charge on any atom is -0.496 e. The first kappa shape index (κ1) is 20.8. The number of aromatic nitrogens is 4. The summed E-state index contributed by atoms with van der Waals surface area (Å²) in [6.07, 6.45) is 7.61. The zero-order chi connectivity index (χ0) is 21.6. The molecule has 2 aromatic heterocycles. The molecule has 3 heterocycles. The molecule has 1 fully saturated rings. The van der Waals surface area contributed by atoms with E-state index in [0.717, 1.165) is 61.1 Å². The van der Waals surface area contributed by atoms with Crippen LogP contribution in [0.4, 0.5) is 5.82 Å².